The van der Waals surface area contributed by atoms with Crippen molar-refractivity contribution in [3.63, 3.8) is 0 Å². The number of fused-ring (bicyclic) bond motifs is 1. The molecule has 0 fully saturated rings. The number of H-pyrrole nitrogens is 2. The Morgan fingerprint density at radius 3 is 2.86 bits per heavy atom. The molecule has 4 aromatic rings. The molecule has 0 aliphatic carbocycles. The minimum atomic E-state index is -0.534. The molecule has 0 spiro atoms. The van der Waals surface area contributed by atoms with E-state index in [1.54, 1.807) is 12.1 Å². The van der Waals surface area contributed by atoms with Gasteiger partial charge in [-0.3, -0.25) is 0 Å². The Morgan fingerprint density at radius 1 is 1.21 bits per heavy atom. The molecule has 0 saturated heterocycles. The highest BCUT2D eigenvalue weighted by Crippen LogP contribution is 2.22. The topological polar surface area (TPSA) is 121 Å². The molecular formula is C19H18ClN7O2. The van der Waals surface area contributed by atoms with Crippen molar-refractivity contribution < 1.29 is 9.53 Å². The van der Waals surface area contributed by atoms with Gasteiger partial charge in [-0.2, -0.15) is 0 Å². The number of aromatic nitrogens is 6. The van der Waals surface area contributed by atoms with Crippen LogP contribution in [0.4, 0.5) is 4.79 Å². The number of hydrogen-bond donors (Lipinski definition) is 3. The van der Waals surface area contributed by atoms with Crippen LogP contribution >= 0.6 is 11.6 Å². The van der Waals surface area contributed by atoms with Crippen molar-refractivity contribution in [2.75, 3.05) is 0 Å². The predicted molar refractivity (Wildman–Crippen MR) is 106 cm³/mol. The van der Waals surface area contributed by atoms with Crippen LogP contribution in [0.15, 0.2) is 48.5 Å². The molecule has 0 aliphatic heterocycles. The fourth-order valence-corrected chi connectivity index (χ4v) is 3.08. The molecule has 10 heteroatoms. The van der Waals surface area contributed by atoms with Crippen molar-refractivity contribution in [2.45, 2.75) is 25.5 Å². The molecule has 29 heavy (non-hydrogen) atoms. The average molecular weight is 412 g/mol. The fraction of sp³-hybridized carbons (Fsp3) is 0.211. The van der Waals surface area contributed by atoms with E-state index in [9.17, 15) is 4.79 Å². The Bertz CT molecular complexity index is 1080. The van der Waals surface area contributed by atoms with Crippen LogP contribution in [0.2, 0.25) is 5.02 Å². The number of nitrogens with zero attached hydrogens (tertiary/aromatic N) is 4. The van der Waals surface area contributed by atoms with Crippen LogP contribution in [0.1, 0.15) is 29.7 Å². The van der Waals surface area contributed by atoms with E-state index in [4.69, 9.17) is 16.3 Å². The van der Waals surface area contributed by atoms with E-state index >= 15 is 0 Å². The van der Waals surface area contributed by atoms with Crippen LogP contribution in [0.3, 0.4) is 0 Å². The van der Waals surface area contributed by atoms with E-state index in [1.165, 1.54) is 0 Å². The zero-order valence-electron chi connectivity index (χ0n) is 15.3. The average Bonchev–Trinajstić information content (AvgIpc) is 3.39. The maximum Gasteiger partial charge on any atom is 0.408 e. The van der Waals surface area contributed by atoms with Crippen molar-refractivity contribution in [1.82, 2.24) is 35.9 Å². The second-order valence-electron chi connectivity index (χ2n) is 6.43. The molecule has 3 N–H and O–H groups in total. The third-order valence-electron chi connectivity index (χ3n) is 4.36. The first-order valence-corrected chi connectivity index (χ1v) is 9.40. The van der Waals surface area contributed by atoms with Gasteiger partial charge in [0.15, 0.2) is 0 Å². The van der Waals surface area contributed by atoms with Gasteiger partial charge in [0.1, 0.15) is 18.3 Å². The predicted octanol–water partition coefficient (Wildman–Crippen LogP) is 3.33. The van der Waals surface area contributed by atoms with Crippen molar-refractivity contribution in [3.05, 3.63) is 70.8 Å². The molecule has 4 rings (SSSR count). The summed E-state index contributed by atoms with van der Waals surface area (Å²) in [5.74, 6) is 1.22. The Kier molecular flexibility index (Phi) is 5.66. The van der Waals surface area contributed by atoms with Gasteiger partial charge in [0, 0.05) is 11.4 Å². The lowest BCUT2D eigenvalue weighted by atomic mass is 10.1. The summed E-state index contributed by atoms with van der Waals surface area (Å²) < 4.78 is 5.35. The Hall–Kier alpha value is -3.46. The highest BCUT2D eigenvalue weighted by molar-refractivity contribution is 6.31. The maximum atomic E-state index is 12.4. The number of benzene rings is 2. The fourth-order valence-electron chi connectivity index (χ4n) is 2.91. The summed E-state index contributed by atoms with van der Waals surface area (Å²) in [7, 11) is 0. The second kappa shape index (κ2) is 8.70. The summed E-state index contributed by atoms with van der Waals surface area (Å²) in [6, 6.07) is 14.5. The Labute approximate surface area is 170 Å². The third kappa shape index (κ3) is 4.88. The van der Waals surface area contributed by atoms with Crippen molar-refractivity contribution >= 4 is 28.7 Å². The molecule has 1 atom stereocenters. The van der Waals surface area contributed by atoms with Gasteiger partial charge in [-0.25, -0.2) is 14.9 Å². The third-order valence-corrected chi connectivity index (χ3v) is 4.59. The number of rotatable bonds is 7. The Balaban J connectivity index is 1.48. The van der Waals surface area contributed by atoms with Gasteiger partial charge in [0.2, 0.25) is 0 Å². The second-order valence-corrected chi connectivity index (χ2v) is 6.87. The quantitative estimate of drug-likeness (QED) is 0.429. The van der Waals surface area contributed by atoms with Crippen LogP contribution in [-0.4, -0.2) is 36.7 Å². The molecule has 0 radical (unpaired) electrons. The van der Waals surface area contributed by atoms with Crippen LogP contribution in [0, 0.1) is 0 Å². The zero-order valence-corrected chi connectivity index (χ0v) is 16.1. The molecule has 9 nitrogen and oxygen atoms in total. The number of aryl methyl sites for hydroxylation is 1. The van der Waals surface area contributed by atoms with Gasteiger partial charge in [0.05, 0.1) is 17.1 Å². The van der Waals surface area contributed by atoms with Crippen LogP contribution in [0.5, 0.6) is 0 Å². The highest BCUT2D eigenvalue weighted by atomic mass is 35.5. The minimum Gasteiger partial charge on any atom is -0.445 e. The summed E-state index contributed by atoms with van der Waals surface area (Å²) in [5.41, 5.74) is 2.46. The molecule has 0 unspecified atom stereocenters. The number of tetrazole rings is 1. The van der Waals surface area contributed by atoms with Gasteiger partial charge in [-0.05, 0) is 40.6 Å². The molecular weight excluding hydrogens is 394 g/mol. The van der Waals surface area contributed by atoms with Crippen molar-refractivity contribution in [3.8, 4) is 0 Å². The van der Waals surface area contributed by atoms with E-state index in [0.717, 1.165) is 16.6 Å². The summed E-state index contributed by atoms with van der Waals surface area (Å²) in [5, 5.41) is 17.2. The van der Waals surface area contributed by atoms with Crippen molar-refractivity contribution in [2.24, 2.45) is 0 Å². The monoisotopic (exact) mass is 411 g/mol. The number of aromatic amines is 2. The lowest BCUT2D eigenvalue weighted by Crippen LogP contribution is -2.30. The molecule has 1 amide bonds. The standard InChI is InChI=1S/C19H18ClN7O2/c20-13-6-7-14-16(10-13)22-18(21-14)15(8-9-17-24-26-27-25-17)23-19(28)29-11-12-4-2-1-3-5-12/h1-7,10,15H,8-9,11H2,(H,21,22)(H,23,28)(H,24,25,26,27)/t15-/m0/s1. The van der Waals surface area contributed by atoms with Crippen LogP contribution in [-0.2, 0) is 17.8 Å². The SMILES string of the molecule is O=C(N[C@@H](CCc1nnn[nH]1)c1nc2cc(Cl)ccc2[nH]1)OCc1ccccc1. The molecule has 0 saturated carbocycles. The number of imidazole rings is 1. The van der Waals surface area contributed by atoms with E-state index in [2.05, 4.69) is 35.9 Å². The molecule has 0 bridgehead atoms. The minimum absolute atomic E-state index is 0.182. The van der Waals surface area contributed by atoms with E-state index in [1.807, 2.05) is 36.4 Å². The molecule has 2 aromatic heterocycles. The van der Waals surface area contributed by atoms with Gasteiger partial charge >= 0.3 is 6.09 Å². The number of carbonyl (C=O) groups is 1. The van der Waals surface area contributed by atoms with E-state index in [0.29, 0.717) is 29.5 Å². The smallest absolute Gasteiger partial charge is 0.408 e. The summed E-state index contributed by atoms with van der Waals surface area (Å²) in [6.07, 6.45) is 0.507. The van der Waals surface area contributed by atoms with E-state index in [-0.39, 0.29) is 6.61 Å². The van der Waals surface area contributed by atoms with Gasteiger partial charge in [0.25, 0.3) is 0 Å². The number of halogens is 1. The maximum absolute atomic E-state index is 12.4. The van der Waals surface area contributed by atoms with Crippen LogP contribution < -0.4 is 5.32 Å². The molecule has 2 aromatic carbocycles. The highest BCUT2D eigenvalue weighted by Gasteiger charge is 2.20. The number of nitrogens with one attached hydrogen (secondary N) is 3. The van der Waals surface area contributed by atoms with Gasteiger partial charge in [-0.1, -0.05) is 41.9 Å². The number of hydrogen-bond acceptors (Lipinski definition) is 6. The van der Waals surface area contributed by atoms with E-state index < -0.39 is 12.1 Å². The summed E-state index contributed by atoms with van der Waals surface area (Å²) >= 11 is 6.05. The molecule has 0 aliphatic rings. The summed E-state index contributed by atoms with van der Waals surface area (Å²) in [4.78, 5) is 20.2. The normalized spacial score (nSPS) is 12.0. The zero-order chi connectivity index (χ0) is 20.1. The number of carbonyl (C=O) groups excluding carboxylic acids is 1. The van der Waals surface area contributed by atoms with Crippen LogP contribution in [0.25, 0.3) is 11.0 Å². The van der Waals surface area contributed by atoms with Gasteiger partial charge in [-0.15, -0.1) is 5.10 Å². The Morgan fingerprint density at radius 2 is 2.07 bits per heavy atom. The number of ether oxygens (including phenoxy) is 1. The summed E-state index contributed by atoms with van der Waals surface area (Å²) in [6.45, 7) is 0.182. The number of amides is 1. The lowest BCUT2D eigenvalue weighted by molar-refractivity contribution is 0.134. The first-order chi connectivity index (χ1) is 14.2. The lowest BCUT2D eigenvalue weighted by Gasteiger charge is -2.16. The molecule has 148 valence electrons. The first-order valence-electron chi connectivity index (χ1n) is 9.02. The largest absolute Gasteiger partial charge is 0.445 e. The first kappa shape index (κ1) is 18.9. The van der Waals surface area contributed by atoms with Gasteiger partial charge < -0.3 is 15.0 Å². The van der Waals surface area contributed by atoms with Crippen molar-refractivity contribution in [1.29, 1.82) is 0 Å². The number of alkyl carbamates (subject to hydrolysis) is 1. The molecule has 2 heterocycles.